The fourth-order valence-electron chi connectivity index (χ4n) is 1.58. The van der Waals surface area contributed by atoms with Crippen molar-refractivity contribution in [2.45, 2.75) is 13.3 Å². The first-order valence-electron chi connectivity index (χ1n) is 5.06. The number of halogens is 1. The van der Waals surface area contributed by atoms with E-state index in [1.807, 2.05) is 26.1 Å². The molecule has 0 radical (unpaired) electrons. The number of aryl methyl sites for hydroxylation is 2. The molecule has 2 rings (SSSR count). The van der Waals surface area contributed by atoms with Crippen molar-refractivity contribution in [3.63, 3.8) is 0 Å². The quantitative estimate of drug-likeness (QED) is 0.814. The molecule has 0 aliphatic heterocycles. The van der Waals surface area contributed by atoms with Crippen LogP contribution in [0.15, 0.2) is 18.2 Å². The van der Waals surface area contributed by atoms with Gasteiger partial charge in [-0.3, -0.25) is 0 Å². The normalized spacial score (nSPS) is 10.7. The van der Waals surface area contributed by atoms with Crippen molar-refractivity contribution in [3.05, 3.63) is 29.0 Å². The molecule has 0 unspecified atom stereocenters. The van der Waals surface area contributed by atoms with Gasteiger partial charge in [-0.1, -0.05) is 18.5 Å². The van der Waals surface area contributed by atoms with Gasteiger partial charge < -0.3 is 5.73 Å². The summed E-state index contributed by atoms with van der Waals surface area (Å²) in [5.41, 5.74) is 7.26. The Morgan fingerprint density at radius 2 is 2.12 bits per heavy atom. The van der Waals surface area contributed by atoms with E-state index in [-0.39, 0.29) is 0 Å². The number of nitrogen functional groups attached to an aromatic ring is 1. The van der Waals surface area contributed by atoms with Crippen LogP contribution in [0.2, 0.25) is 5.02 Å². The Labute approximate surface area is 99.1 Å². The molecule has 4 nitrogen and oxygen atoms in total. The largest absolute Gasteiger partial charge is 0.399 e. The van der Waals surface area contributed by atoms with E-state index in [4.69, 9.17) is 17.3 Å². The molecule has 0 bridgehead atoms. The maximum Gasteiger partial charge on any atom is 0.158 e. The van der Waals surface area contributed by atoms with Crippen LogP contribution in [0, 0.1) is 0 Å². The third-order valence-corrected chi connectivity index (χ3v) is 2.52. The maximum absolute atomic E-state index is 5.96. The number of rotatable bonds is 2. The third-order valence-electron chi connectivity index (χ3n) is 2.30. The van der Waals surface area contributed by atoms with Crippen molar-refractivity contribution in [3.8, 4) is 11.4 Å². The van der Waals surface area contributed by atoms with E-state index in [9.17, 15) is 0 Å². The topological polar surface area (TPSA) is 56.7 Å². The van der Waals surface area contributed by atoms with E-state index >= 15 is 0 Å². The summed E-state index contributed by atoms with van der Waals surface area (Å²) in [6, 6.07) is 5.39. The molecular formula is C11H13ClN4. The molecule has 1 aromatic heterocycles. The zero-order valence-corrected chi connectivity index (χ0v) is 9.99. The molecule has 0 amide bonds. The summed E-state index contributed by atoms with van der Waals surface area (Å²) in [4.78, 5) is 4.42. The molecule has 0 saturated heterocycles. The van der Waals surface area contributed by atoms with Crippen LogP contribution in [0.25, 0.3) is 11.4 Å². The highest BCUT2D eigenvalue weighted by atomic mass is 35.5. The third kappa shape index (κ3) is 2.02. The lowest BCUT2D eigenvalue weighted by atomic mass is 10.2. The summed E-state index contributed by atoms with van der Waals surface area (Å²) in [7, 11) is 1.86. The van der Waals surface area contributed by atoms with Crippen molar-refractivity contribution >= 4 is 17.3 Å². The Morgan fingerprint density at radius 3 is 2.69 bits per heavy atom. The van der Waals surface area contributed by atoms with Gasteiger partial charge in [0.2, 0.25) is 0 Å². The van der Waals surface area contributed by atoms with Crippen LogP contribution < -0.4 is 5.73 Å². The molecule has 84 valence electrons. The van der Waals surface area contributed by atoms with Crippen LogP contribution in [0.4, 0.5) is 5.69 Å². The van der Waals surface area contributed by atoms with Gasteiger partial charge in [0.05, 0.1) is 0 Å². The summed E-state index contributed by atoms with van der Waals surface area (Å²) in [6.07, 6.45) is 0.809. The van der Waals surface area contributed by atoms with Gasteiger partial charge in [0.15, 0.2) is 11.6 Å². The van der Waals surface area contributed by atoms with Gasteiger partial charge in [-0.05, 0) is 18.2 Å². The molecule has 0 fully saturated rings. The van der Waals surface area contributed by atoms with Crippen molar-refractivity contribution in [2.75, 3.05) is 5.73 Å². The molecule has 5 heteroatoms. The van der Waals surface area contributed by atoms with Crippen LogP contribution in [0.3, 0.4) is 0 Å². The van der Waals surface area contributed by atoms with Gasteiger partial charge in [-0.25, -0.2) is 9.67 Å². The van der Waals surface area contributed by atoms with E-state index < -0.39 is 0 Å². The van der Waals surface area contributed by atoms with Crippen molar-refractivity contribution in [1.29, 1.82) is 0 Å². The van der Waals surface area contributed by atoms with Crippen molar-refractivity contribution in [2.24, 2.45) is 7.05 Å². The Kier molecular flexibility index (Phi) is 2.83. The van der Waals surface area contributed by atoms with E-state index in [0.717, 1.165) is 23.6 Å². The molecule has 0 aliphatic carbocycles. The Morgan fingerprint density at radius 1 is 1.38 bits per heavy atom. The first kappa shape index (κ1) is 11.0. The summed E-state index contributed by atoms with van der Waals surface area (Å²) in [5, 5.41) is 4.89. The second-order valence-corrected chi connectivity index (χ2v) is 4.04. The molecule has 2 N–H and O–H groups in total. The van der Waals surface area contributed by atoms with Crippen LogP contribution in [-0.2, 0) is 13.5 Å². The second kappa shape index (κ2) is 4.14. The molecular weight excluding hydrogens is 224 g/mol. The average molecular weight is 237 g/mol. The summed E-state index contributed by atoms with van der Waals surface area (Å²) < 4.78 is 1.74. The number of nitrogens with two attached hydrogens (primary N) is 1. The zero-order chi connectivity index (χ0) is 11.7. The van der Waals surface area contributed by atoms with Crippen LogP contribution >= 0.6 is 11.6 Å². The minimum Gasteiger partial charge on any atom is -0.399 e. The monoisotopic (exact) mass is 236 g/mol. The summed E-state index contributed by atoms with van der Waals surface area (Å²) in [5.74, 6) is 1.60. The van der Waals surface area contributed by atoms with E-state index in [2.05, 4.69) is 10.1 Å². The predicted octanol–water partition coefficient (Wildman–Crippen LogP) is 2.28. The van der Waals surface area contributed by atoms with Gasteiger partial charge in [0.25, 0.3) is 0 Å². The highest BCUT2D eigenvalue weighted by Gasteiger charge is 2.09. The number of hydrogen-bond acceptors (Lipinski definition) is 3. The Balaban J connectivity index is 2.53. The molecule has 0 saturated carbocycles. The average Bonchev–Trinajstić information content (AvgIpc) is 2.58. The molecule has 1 heterocycles. The molecule has 16 heavy (non-hydrogen) atoms. The number of aromatic nitrogens is 3. The van der Waals surface area contributed by atoms with E-state index in [1.165, 1.54) is 0 Å². The standard InChI is InChI=1S/C11H13ClN4/c1-3-10-14-11(16(2)15-10)7-4-8(12)6-9(13)5-7/h4-6H,3,13H2,1-2H3. The Bertz CT molecular complexity index is 498. The van der Waals surface area contributed by atoms with Crippen LogP contribution in [0.5, 0.6) is 0 Å². The molecule has 0 spiro atoms. The second-order valence-electron chi connectivity index (χ2n) is 3.60. The molecule has 2 aromatic rings. The number of anilines is 1. The highest BCUT2D eigenvalue weighted by molar-refractivity contribution is 6.31. The van der Waals surface area contributed by atoms with Gasteiger partial charge in [0.1, 0.15) is 0 Å². The van der Waals surface area contributed by atoms with E-state index in [1.54, 1.807) is 10.7 Å². The predicted molar refractivity (Wildman–Crippen MR) is 65.2 cm³/mol. The molecule has 1 aromatic carbocycles. The smallest absolute Gasteiger partial charge is 0.158 e. The summed E-state index contributed by atoms with van der Waals surface area (Å²) >= 11 is 5.96. The first-order valence-corrected chi connectivity index (χ1v) is 5.44. The van der Waals surface area contributed by atoms with Crippen LogP contribution in [-0.4, -0.2) is 14.8 Å². The number of hydrogen-bond donors (Lipinski definition) is 1. The van der Waals surface area contributed by atoms with Gasteiger partial charge in [-0.15, -0.1) is 0 Å². The van der Waals surface area contributed by atoms with E-state index in [0.29, 0.717) is 10.7 Å². The fourth-order valence-corrected chi connectivity index (χ4v) is 1.82. The lowest BCUT2D eigenvalue weighted by Gasteiger charge is -2.02. The van der Waals surface area contributed by atoms with Crippen molar-refractivity contribution < 1.29 is 0 Å². The molecule has 0 aliphatic rings. The number of benzene rings is 1. The highest BCUT2D eigenvalue weighted by Crippen LogP contribution is 2.24. The Hall–Kier alpha value is -1.55. The lowest BCUT2D eigenvalue weighted by Crippen LogP contribution is -1.95. The van der Waals surface area contributed by atoms with Crippen LogP contribution in [0.1, 0.15) is 12.7 Å². The zero-order valence-electron chi connectivity index (χ0n) is 9.24. The maximum atomic E-state index is 5.96. The van der Waals surface area contributed by atoms with Gasteiger partial charge in [0, 0.05) is 29.7 Å². The van der Waals surface area contributed by atoms with Gasteiger partial charge >= 0.3 is 0 Å². The fraction of sp³-hybridized carbons (Fsp3) is 0.273. The summed E-state index contributed by atoms with van der Waals surface area (Å²) in [6.45, 7) is 2.02. The lowest BCUT2D eigenvalue weighted by molar-refractivity contribution is 0.753. The SMILES string of the molecule is CCc1nc(-c2cc(N)cc(Cl)c2)n(C)n1. The minimum absolute atomic E-state index is 0.607. The minimum atomic E-state index is 0.607. The van der Waals surface area contributed by atoms with Crippen molar-refractivity contribution in [1.82, 2.24) is 14.8 Å². The van der Waals surface area contributed by atoms with Gasteiger partial charge in [-0.2, -0.15) is 5.10 Å². The first-order chi connectivity index (χ1) is 7.60. The molecule has 0 atom stereocenters. The number of nitrogens with zero attached hydrogens (tertiary/aromatic N) is 3.